The van der Waals surface area contributed by atoms with E-state index < -0.39 is 0 Å². The van der Waals surface area contributed by atoms with Crippen molar-refractivity contribution in [1.29, 1.82) is 0 Å². The van der Waals surface area contributed by atoms with Crippen LogP contribution in [0.2, 0.25) is 0 Å². The van der Waals surface area contributed by atoms with Crippen molar-refractivity contribution >= 4 is 31.7 Å². The molecule has 0 spiro atoms. The van der Waals surface area contributed by atoms with Gasteiger partial charge in [-0.05, 0) is 205 Å². The molecule has 0 heterocycles. The van der Waals surface area contributed by atoms with Crippen LogP contribution in [-0.4, -0.2) is 57.1 Å². The second-order valence-corrected chi connectivity index (χ2v) is 35.3. The van der Waals surface area contributed by atoms with E-state index in [0.717, 1.165) is 0 Å². The fourth-order valence-electron chi connectivity index (χ4n) is 14.7. The summed E-state index contributed by atoms with van der Waals surface area (Å²) in [6, 6.07) is 0. The van der Waals surface area contributed by atoms with E-state index in [1.54, 1.807) is 257 Å². The minimum Gasteiger partial charge on any atom is -0.0530 e. The fraction of sp³-hybridized carbons (Fsp3) is 1.00. The summed E-state index contributed by atoms with van der Waals surface area (Å²) in [6.45, 7) is 0. The third-order valence-corrected chi connectivity index (χ3v) is 37.4. The van der Waals surface area contributed by atoms with Gasteiger partial charge in [0, 0.05) is 72.5 Å². The summed E-state index contributed by atoms with van der Waals surface area (Å²) in [5.41, 5.74) is 9.88. The molecule has 8 fully saturated rings. The van der Waals surface area contributed by atoms with Gasteiger partial charge in [-0.25, -0.2) is 0 Å². The zero-order chi connectivity index (χ0) is 36.6. The van der Waals surface area contributed by atoms with E-state index in [1.165, 1.54) is 45.3 Å². The summed E-state index contributed by atoms with van der Waals surface area (Å²) in [6.07, 6.45) is 64.1. The van der Waals surface area contributed by atoms with Gasteiger partial charge in [-0.3, -0.25) is 0 Å². The molecule has 56 heavy (non-hydrogen) atoms. The van der Waals surface area contributed by atoms with E-state index in [-0.39, 0.29) is 72.5 Å². The van der Waals surface area contributed by atoms with E-state index >= 15 is 0 Å². The fourth-order valence-corrected chi connectivity index (χ4v) is 39.6. The number of hydrogen-bond acceptors (Lipinski definition) is 0. The zero-order valence-electron chi connectivity index (χ0n) is 36.9. The SMILES string of the molecule is C1CCC([PH+](C[PH+](C2CCCCC2)C2CCCCC2)C2CCCCC2)CC1.C1CCC([PH+](C[PH+](C2CCCCC2)C2CCCCC2)C2CCCCC2)CC1.[Pd].[Pd]. The van der Waals surface area contributed by atoms with Crippen LogP contribution >= 0.6 is 31.7 Å². The van der Waals surface area contributed by atoms with Crippen LogP contribution in [0.5, 0.6) is 0 Å². The molecule has 8 aliphatic carbocycles. The molecule has 332 valence electrons. The molecule has 0 unspecified atom stereocenters. The Balaban J connectivity index is 0.000000207. The zero-order valence-corrected chi connectivity index (χ0v) is 44.1. The van der Waals surface area contributed by atoms with Crippen molar-refractivity contribution in [1.82, 2.24) is 0 Å². The van der Waals surface area contributed by atoms with Crippen molar-refractivity contribution < 1.29 is 40.8 Å². The monoisotopic (exact) mass is 1030 g/mol. The number of hydrogen-bond donors (Lipinski definition) is 0. The quantitative estimate of drug-likeness (QED) is 0.135. The molecule has 0 nitrogen and oxygen atoms in total. The molecule has 0 aliphatic heterocycles. The van der Waals surface area contributed by atoms with Crippen LogP contribution in [0.4, 0.5) is 0 Å². The van der Waals surface area contributed by atoms with Crippen molar-refractivity contribution in [2.45, 2.75) is 302 Å². The molecule has 6 heteroatoms. The van der Waals surface area contributed by atoms with Crippen LogP contribution in [-0.2, 0) is 40.8 Å². The van der Waals surface area contributed by atoms with Gasteiger partial charge in [0.05, 0.1) is 45.3 Å². The van der Waals surface area contributed by atoms with Crippen LogP contribution in [0.1, 0.15) is 257 Å². The van der Waals surface area contributed by atoms with Gasteiger partial charge in [-0.1, -0.05) is 51.4 Å². The van der Waals surface area contributed by atoms with Crippen LogP contribution in [0.15, 0.2) is 0 Å². The van der Waals surface area contributed by atoms with Crippen LogP contribution in [0.3, 0.4) is 0 Å². The minimum absolute atomic E-state index is 0. The van der Waals surface area contributed by atoms with Gasteiger partial charge >= 0.3 is 0 Å². The molecule has 0 aromatic rings. The first kappa shape index (κ1) is 50.1. The molecule has 0 saturated heterocycles. The van der Waals surface area contributed by atoms with Crippen molar-refractivity contribution in [3.63, 3.8) is 0 Å². The maximum atomic E-state index is 1.86. The topological polar surface area (TPSA) is 0 Å². The Hall–Kier alpha value is 3.04. The molecule has 8 saturated carbocycles. The smallest absolute Gasteiger partial charge is 0.0530 e. The van der Waals surface area contributed by atoms with Crippen molar-refractivity contribution in [3.05, 3.63) is 0 Å². The Morgan fingerprint density at radius 3 is 0.393 bits per heavy atom. The van der Waals surface area contributed by atoms with Crippen molar-refractivity contribution in [2.24, 2.45) is 0 Å². The molecule has 8 aliphatic rings. The third-order valence-electron chi connectivity index (χ3n) is 17.9. The van der Waals surface area contributed by atoms with Gasteiger partial charge in [0.2, 0.25) is 0 Å². The standard InChI is InChI=1S/2C25H46P2.2Pd/c2*1-5-13-22(14-6-1)26(23-15-7-2-8-16-23)21-27(24-17-9-3-10-18-24)25-19-11-4-12-20-25;;/h2*22-25H,1-21H2;;/p+4. The molecule has 0 N–H and O–H groups in total. The van der Waals surface area contributed by atoms with Gasteiger partial charge in [-0.15, -0.1) is 0 Å². The van der Waals surface area contributed by atoms with E-state index in [9.17, 15) is 0 Å². The molecular formula is C50H96P4Pd2+4. The maximum absolute atomic E-state index is 1.86. The van der Waals surface area contributed by atoms with Crippen molar-refractivity contribution in [2.75, 3.05) is 11.8 Å². The minimum atomic E-state index is -0.0959. The molecule has 0 aromatic heterocycles. The molecule has 0 aromatic carbocycles. The summed E-state index contributed by atoms with van der Waals surface area (Å²) in [7, 11) is -0.384. The average molecular weight is 1030 g/mol. The normalized spacial score (nSPS) is 27.2. The van der Waals surface area contributed by atoms with Crippen LogP contribution < -0.4 is 0 Å². The maximum Gasteiger partial charge on any atom is 0.156 e. The molecule has 8 rings (SSSR count). The van der Waals surface area contributed by atoms with Crippen LogP contribution in [0, 0.1) is 0 Å². The summed E-state index contributed by atoms with van der Waals surface area (Å²) >= 11 is 0. The van der Waals surface area contributed by atoms with E-state index in [1.807, 2.05) is 11.8 Å². The second-order valence-electron chi connectivity index (χ2n) is 21.3. The third kappa shape index (κ3) is 15.6. The van der Waals surface area contributed by atoms with Gasteiger partial charge in [0.15, 0.2) is 11.8 Å². The molecule has 0 bridgehead atoms. The Bertz CT molecular complexity index is 740. The van der Waals surface area contributed by atoms with Gasteiger partial charge < -0.3 is 0 Å². The Kier molecular flexibility index (Phi) is 25.7. The Morgan fingerprint density at radius 2 is 0.286 bits per heavy atom. The summed E-state index contributed by atoms with van der Waals surface area (Å²) in [4.78, 5) is 0. The van der Waals surface area contributed by atoms with Gasteiger partial charge in [0.1, 0.15) is 0 Å². The summed E-state index contributed by atoms with van der Waals surface area (Å²) < 4.78 is 0. The second kappa shape index (κ2) is 28.8. The molecule has 0 radical (unpaired) electrons. The van der Waals surface area contributed by atoms with E-state index in [2.05, 4.69) is 0 Å². The van der Waals surface area contributed by atoms with Gasteiger partial charge in [0.25, 0.3) is 0 Å². The molecule has 0 amide bonds. The van der Waals surface area contributed by atoms with Crippen molar-refractivity contribution in [3.8, 4) is 0 Å². The number of rotatable bonds is 12. The first-order chi connectivity index (χ1) is 26.8. The molecule has 0 atom stereocenters. The predicted octanol–water partition coefficient (Wildman–Crippen LogP) is 17.4. The Morgan fingerprint density at radius 1 is 0.179 bits per heavy atom. The van der Waals surface area contributed by atoms with E-state index in [4.69, 9.17) is 0 Å². The Labute approximate surface area is 383 Å². The summed E-state index contributed by atoms with van der Waals surface area (Å²) in [5, 5.41) is 0. The first-order valence-corrected chi connectivity index (χ1v) is 33.7. The summed E-state index contributed by atoms with van der Waals surface area (Å²) in [5.74, 6) is 3.72. The predicted molar refractivity (Wildman–Crippen MR) is 258 cm³/mol. The first-order valence-electron chi connectivity index (χ1n) is 26.3. The van der Waals surface area contributed by atoms with Gasteiger partial charge in [-0.2, -0.15) is 0 Å². The van der Waals surface area contributed by atoms with Crippen LogP contribution in [0.25, 0.3) is 0 Å². The largest absolute Gasteiger partial charge is 0.156 e. The molecular weight excluding hydrogens is 937 g/mol. The van der Waals surface area contributed by atoms with E-state index in [0.29, 0.717) is 0 Å². The average Bonchev–Trinajstić information content (AvgIpc) is 3.27.